The highest BCUT2D eigenvalue weighted by Crippen LogP contribution is 2.46. The predicted molar refractivity (Wildman–Crippen MR) is 484 cm³/mol. The number of carbonyl (C=O) groups is 5. The van der Waals surface area contributed by atoms with Crippen molar-refractivity contribution >= 4 is 195 Å². The van der Waals surface area contributed by atoms with Gasteiger partial charge in [0, 0.05) is 38.1 Å². The van der Waals surface area contributed by atoms with E-state index in [1.165, 1.54) is 99.5 Å². The van der Waals surface area contributed by atoms with Crippen molar-refractivity contribution in [3.63, 3.8) is 0 Å². The summed E-state index contributed by atoms with van der Waals surface area (Å²) in [5.74, 6) is 3.49. The lowest BCUT2D eigenvalue weighted by molar-refractivity contribution is 0.102. The average molecular weight is 1530 g/mol. The van der Waals surface area contributed by atoms with Crippen molar-refractivity contribution < 1.29 is 42.9 Å². The number of ketones is 5. The number of rotatable bonds is 5. The van der Waals surface area contributed by atoms with E-state index < -0.39 is 0 Å². The van der Waals surface area contributed by atoms with E-state index in [4.69, 9.17) is 18.9 Å². The lowest BCUT2D eigenvalue weighted by atomic mass is 9.82. The summed E-state index contributed by atoms with van der Waals surface area (Å²) in [5, 5.41) is 12.9. The minimum absolute atomic E-state index is 0. The fourth-order valence-corrected chi connectivity index (χ4v) is 14.9. The van der Waals surface area contributed by atoms with Crippen LogP contribution in [0.25, 0.3) is 105 Å². The minimum Gasteiger partial charge on any atom is -0.650 e. The summed E-state index contributed by atoms with van der Waals surface area (Å²) in [6.45, 7) is 3.91. The molecule has 0 unspecified atom stereocenters. The molecule has 109 heavy (non-hydrogen) atoms. The summed E-state index contributed by atoms with van der Waals surface area (Å²) in [6, 6.07) is 67.8. The lowest BCUT2D eigenvalue weighted by Gasteiger charge is -2.22. The number of carbonyl (C=O) groups excluding carboxylic acids is 5. The molecule has 5 radical (unpaired) electrons. The molecular formula is C94H110Al5O10. The maximum Gasteiger partial charge on any atom is 0.494 e. The van der Waals surface area contributed by atoms with E-state index in [1.54, 1.807) is 12.2 Å². The Kier molecular flexibility index (Phi) is 39.7. The summed E-state index contributed by atoms with van der Waals surface area (Å²) in [6.07, 6.45) is 8.96. The molecule has 561 valence electrons. The Labute approximate surface area is 693 Å². The van der Waals surface area contributed by atoms with Gasteiger partial charge in [0.05, 0.1) is 56.6 Å². The summed E-state index contributed by atoms with van der Waals surface area (Å²) >= 11 is 6.98. The van der Waals surface area contributed by atoms with Crippen molar-refractivity contribution in [3.05, 3.63) is 285 Å². The van der Waals surface area contributed by atoms with Gasteiger partial charge >= 0.3 is 83.1 Å². The van der Waals surface area contributed by atoms with Crippen LogP contribution in [-0.2, 0) is 0 Å². The fourth-order valence-electron chi connectivity index (χ4n) is 13.7. The van der Waals surface area contributed by atoms with Crippen LogP contribution in [0, 0.1) is 6.92 Å². The van der Waals surface area contributed by atoms with Crippen LogP contribution in [0.4, 0.5) is 0 Å². The molecule has 13 aromatic rings. The molecule has 0 heterocycles. The van der Waals surface area contributed by atoms with E-state index in [0.29, 0.717) is 56.6 Å². The number of allylic oxidation sites excluding steroid dienone is 3. The predicted octanol–water partition coefficient (Wildman–Crippen LogP) is 24.6. The Morgan fingerprint density at radius 3 is 1.20 bits per heavy atom. The van der Waals surface area contributed by atoms with Crippen LogP contribution in [-0.4, -0.2) is 112 Å². The van der Waals surface area contributed by atoms with Crippen LogP contribution in [0.5, 0.6) is 28.7 Å². The Morgan fingerprint density at radius 2 is 0.633 bits per heavy atom. The monoisotopic (exact) mass is 1530 g/mol. The van der Waals surface area contributed by atoms with E-state index >= 15 is 0 Å². The number of hydrogen-bond acceptors (Lipinski definition) is 10. The molecule has 13 aromatic carbocycles. The SMILES string of the molecule is C.C.C.C.C.C.C.C.C.C.C.C.C.C.C.CC1=Cc2cccc3ccc([O][AlH])c(c23)C1=O.Cc1cc2c3c(c([O][AlH])ccc3c1)C(=O)C=C2.O=C1C=Cc2cc3ccccc3c3ccc([O][AlH])c1c23.O=C1c2c([O][AlH])cccc2-c2cccc3cccc1c23.O=C1c2ccccc2-c2cccc3ccc([O][AlH])c1c23. The van der Waals surface area contributed by atoms with Gasteiger partial charge < -0.3 is 18.9 Å². The Morgan fingerprint density at radius 1 is 0.248 bits per heavy atom. The van der Waals surface area contributed by atoms with Gasteiger partial charge in [-0.15, -0.1) is 0 Å². The summed E-state index contributed by atoms with van der Waals surface area (Å²) in [4.78, 5) is 62.0. The molecule has 5 aliphatic rings. The Hall–Kier alpha value is -9.35. The normalized spacial score (nSPS) is 11.1. The van der Waals surface area contributed by atoms with E-state index in [-0.39, 0.29) is 140 Å². The molecule has 15 heteroatoms. The van der Waals surface area contributed by atoms with Crippen molar-refractivity contribution in [2.24, 2.45) is 0 Å². The Bertz CT molecular complexity index is 5570. The van der Waals surface area contributed by atoms with Gasteiger partial charge in [-0.3, -0.25) is 24.0 Å². The number of Topliss-reactive ketones (excluding diaryl/α,β-unsaturated/α-hetero) is 1. The second-order valence-corrected chi connectivity index (χ2v) is 24.5. The zero-order valence-corrected chi connectivity index (χ0v) is 58.2. The van der Waals surface area contributed by atoms with Crippen LogP contribution >= 0.6 is 0 Å². The molecule has 18 rings (SSSR count). The third-order valence-electron chi connectivity index (χ3n) is 17.8. The van der Waals surface area contributed by atoms with Crippen molar-refractivity contribution in [2.45, 2.75) is 125 Å². The van der Waals surface area contributed by atoms with Gasteiger partial charge in [0.1, 0.15) is 0 Å². The third-order valence-corrected chi connectivity index (χ3v) is 19.3. The summed E-state index contributed by atoms with van der Waals surface area (Å²) < 4.78 is 26.9. The van der Waals surface area contributed by atoms with Gasteiger partial charge in [-0.1, -0.05) is 293 Å². The molecule has 0 bridgehead atoms. The molecule has 0 amide bonds. The molecule has 10 nitrogen and oxygen atoms in total. The zero-order valence-electron chi connectivity index (χ0n) is 51.1. The molecule has 0 aromatic heterocycles. The van der Waals surface area contributed by atoms with E-state index in [2.05, 4.69) is 49.4 Å². The number of benzene rings is 13. The third kappa shape index (κ3) is 17.9. The van der Waals surface area contributed by atoms with E-state index in [1.807, 2.05) is 189 Å². The minimum atomic E-state index is 0. The summed E-state index contributed by atoms with van der Waals surface area (Å²) in [5.41, 5.74) is 14.4. The number of hydrogen-bond donors (Lipinski definition) is 0. The van der Waals surface area contributed by atoms with E-state index in [9.17, 15) is 24.0 Å². The number of fused-ring (bicyclic) bond motifs is 6. The summed E-state index contributed by atoms with van der Waals surface area (Å²) in [7, 11) is 0. The van der Waals surface area contributed by atoms with Crippen molar-refractivity contribution in [1.82, 2.24) is 0 Å². The Balaban J connectivity index is 0. The second kappa shape index (κ2) is 42.6. The lowest BCUT2D eigenvalue weighted by Crippen LogP contribution is -2.11. The van der Waals surface area contributed by atoms with Crippen molar-refractivity contribution in [3.8, 4) is 51.0 Å². The van der Waals surface area contributed by atoms with E-state index in [0.717, 1.165) is 110 Å². The highest BCUT2D eigenvalue weighted by molar-refractivity contribution is 6.30. The second-order valence-electron chi connectivity index (χ2n) is 23.0. The van der Waals surface area contributed by atoms with Crippen LogP contribution in [0.3, 0.4) is 0 Å². The van der Waals surface area contributed by atoms with Gasteiger partial charge in [0.2, 0.25) is 0 Å². The van der Waals surface area contributed by atoms with Gasteiger partial charge in [-0.25, -0.2) is 0 Å². The van der Waals surface area contributed by atoms with Crippen LogP contribution in [0.2, 0.25) is 0 Å². The zero-order chi connectivity index (χ0) is 65.1. The van der Waals surface area contributed by atoms with Crippen LogP contribution < -0.4 is 18.9 Å². The smallest absolute Gasteiger partial charge is 0.494 e. The first kappa shape index (κ1) is 102. The standard InChI is InChI=1S/3C17H10O2.2C14H10O2.15CH4.5Al.5H/c18-14-9-3-7-12-11-6-1-4-10-5-2-8-13(15(10)11)17(19)16(12)14;18-14-9-8-10-4-3-7-12-11-5-1-2-6-13(11)17(19)16(14)15(10)12;18-14-7-5-11-9-10-3-1-2-4-12(10)13-6-8-15(19)17(14)16(11)13;1-8-6-9-2-4-11(15)14-12(16)5-3-10(7-8)13(9)14;1-8-7-10-4-2-3-9-5-6-11(15)13(12(9)10)14(8)16;;;;;;;;;;;;;;;;;;;;;;;;;/h2*1-9,18H;1-9,19H;2*2-7,15H,1H3;15*1H4;;;;;;;;;;/q;;;;;;;;;;;;;;;;;;;;5*+1;;;;;/p-5. The number of aryl methyl sites for hydroxylation is 1. The van der Waals surface area contributed by atoms with Crippen LogP contribution in [0.15, 0.2) is 224 Å². The first-order valence-corrected chi connectivity index (χ1v) is 33.0. The quantitative estimate of drug-likeness (QED) is 0.121. The largest absolute Gasteiger partial charge is 0.650 e. The van der Waals surface area contributed by atoms with Crippen molar-refractivity contribution in [1.29, 1.82) is 0 Å². The molecule has 0 saturated heterocycles. The maximum absolute atomic E-state index is 12.8. The van der Waals surface area contributed by atoms with Gasteiger partial charge in [0.25, 0.3) is 0 Å². The highest BCUT2D eigenvalue weighted by Gasteiger charge is 2.30. The molecular weight excluding hydrogens is 1420 g/mol. The molecule has 0 aliphatic heterocycles. The molecule has 5 aliphatic carbocycles. The molecule has 0 atom stereocenters. The average Bonchev–Trinajstić information content (AvgIpc) is 0.751. The maximum atomic E-state index is 12.8. The first-order valence-electron chi connectivity index (χ1n) is 30.1. The topological polar surface area (TPSA) is 132 Å². The molecule has 0 N–H and O–H groups in total. The first-order chi connectivity index (χ1) is 45.8. The van der Waals surface area contributed by atoms with Gasteiger partial charge in [0.15, 0.2) is 28.9 Å². The van der Waals surface area contributed by atoms with Crippen molar-refractivity contribution in [2.75, 3.05) is 0 Å². The molecule has 0 saturated carbocycles. The highest BCUT2D eigenvalue weighted by atomic mass is 27.1. The molecule has 0 spiro atoms. The molecule has 0 fully saturated rings. The van der Waals surface area contributed by atoms with Crippen LogP contribution in [0.1, 0.15) is 203 Å². The fraction of sp³-hybridized carbons (Fsp3) is 0.181. The van der Waals surface area contributed by atoms with Gasteiger partial charge in [-0.2, -0.15) is 0 Å². The van der Waals surface area contributed by atoms with Gasteiger partial charge in [-0.05, 0) is 156 Å².